The van der Waals surface area contributed by atoms with Crippen LogP contribution in [0.3, 0.4) is 0 Å². The highest BCUT2D eigenvalue weighted by Crippen LogP contribution is 2.40. The molecule has 3 aromatic heterocycles. The fourth-order valence-corrected chi connectivity index (χ4v) is 8.37. The molecule has 1 saturated carbocycles. The number of allylic oxidation sites excluding steroid dienone is 2. The lowest BCUT2D eigenvalue weighted by atomic mass is 9.83. The van der Waals surface area contributed by atoms with Gasteiger partial charge in [-0.3, -0.25) is 0 Å². The number of benzene rings is 2. The van der Waals surface area contributed by atoms with Crippen molar-refractivity contribution in [1.82, 2.24) is 9.88 Å². The predicted octanol–water partition coefficient (Wildman–Crippen LogP) is 10.1. The summed E-state index contributed by atoms with van der Waals surface area (Å²) < 4.78 is 17.7. The van der Waals surface area contributed by atoms with Gasteiger partial charge >= 0.3 is 0 Å². The van der Waals surface area contributed by atoms with Gasteiger partial charge in [0.1, 0.15) is 23.9 Å². The molecule has 0 atom stereocenters. The molecule has 2 N–H and O–H groups in total. The Morgan fingerprint density at radius 3 is 2.14 bits per heavy atom. The Bertz CT molecular complexity index is 2540. The molecule has 13 heteroatoms. The minimum absolute atomic E-state index is 0.101. The molecular formula is C45H42N10O3. The zero-order chi connectivity index (χ0) is 39.2. The molecule has 4 aliphatic heterocycles. The molecule has 5 aliphatic rings. The molecule has 0 bridgehead atoms. The van der Waals surface area contributed by atoms with Crippen LogP contribution in [0.1, 0.15) is 97.1 Å². The number of aryl methyl sites for hydroxylation is 2. The molecule has 0 radical (unpaired) electrons. The Morgan fingerprint density at radius 1 is 0.724 bits per heavy atom. The van der Waals surface area contributed by atoms with Gasteiger partial charge in [-0.05, 0) is 106 Å². The average Bonchev–Trinajstić information content (AvgIpc) is 4.02. The summed E-state index contributed by atoms with van der Waals surface area (Å²) in [5, 5.41) is 16.6. The Labute approximate surface area is 335 Å². The predicted molar refractivity (Wildman–Crippen MR) is 225 cm³/mol. The first-order valence-corrected chi connectivity index (χ1v) is 20.1. The van der Waals surface area contributed by atoms with Gasteiger partial charge in [0.05, 0.1) is 28.5 Å². The molecule has 2 fully saturated rings. The Kier molecular flexibility index (Phi) is 9.09. The third-order valence-electron chi connectivity index (χ3n) is 11.3. The Hall–Kier alpha value is -6.94. The van der Waals surface area contributed by atoms with Crippen molar-refractivity contribution in [2.75, 3.05) is 28.6 Å². The van der Waals surface area contributed by atoms with Gasteiger partial charge in [-0.1, -0.05) is 31.4 Å². The number of amidine groups is 1. The largest absolute Gasteiger partial charge is 0.446 e. The molecule has 0 amide bonds. The van der Waals surface area contributed by atoms with Crippen molar-refractivity contribution in [2.24, 2.45) is 20.0 Å². The number of hydrogen-bond donors (Lipinski definition) is 2. The topological polar surface area (TPSA) is 156 Å². The van der Waals surface area contributed by atoms with Gasteiger partial charge in [-0.15, -0.1) is 0 Å². The van der Waals surface area contributed by atoms with Gasteiger partial charge in [0.2, 0.25) is 17.8 Å². The van der Waals surface area contributed by atoms with E-state index in [9.17, 15) is 5.26 Å². The van der Waals surface area contributed by atoms with Crippen LogP contribution in [0.25, 0.3) is 5.70 Å². The highest BCUT2D eigenvalue weighted by Gasteiger charge is 2.35. The average molecular weight is 771 g/mol. The molecular weight excluding hydrogens is 729 g/mol. The van der Waals surface area contributed by atoms with Crippen LogP contribution in [0.4, 0.5) is 28.8 Å². The number of furan rings is 2. The van der Waals surface area contributed by atoms with Crippen molar-refractivity contribution < 1.29 is 13.3 Å². The molecule has 1 aliphatic carbocycles. The molecule has 58 heavy (non-hydrogen) atoms. The number of nitrogens with zero attached hydrogens (tertiary/aromatic N) is 8. The lowest BCUT2D eigenvalue weighted by molar-refractivity contribution is 0.443. The molecule has 290 valence electrons. The van der Waals surface area contributed by atoms with E-state index < -0.39 is 0 Å². The zero-order valence-electron chi connectivity index (χ0n) is 32.5. The molecule has 5 aromatic rings. The van der Waals surface area contributed by atoms with E-state index >= 15 is 0 Å². The van der Waals surface area contributed by atoms with Crippen molar-refractivity contribution >= 4 is 58.0 Å². The number of oxazole rings is 1. The highest BCUT2D eigenvalue weighted by atomic mass is 16.4. The second-order valence-corrected chi connectivity index (χ2v) is 15.3. The molecule has 1 saturated heterocycles. The molecule has 13 nitrogen and oxygen atoms in total. The zero-order valence-corrected chi connectivity index (χ0v) is 32.5. The first kappa shape index (κ1) is 35.5. The van der Waals surface area contributed by atoms with E-state index in [1.807, 2.05) is 61.2 Å². The Balaban J connectivity index is 1.11. The standard InChI is InChI=1S/C45H42N10O3/c1-27-11-17-40(57-27)48-36-21-30(29-9-5-3-6-10-29)13-15-34(36)38-23-33-24-39(51-45-53-42(52-44(50-38)55(33)45)43-47-31(25-46)26-56-43)35-16-14-32(54-19-7-4-8-20-54)22-37(35)49-41-18-12-28(2)58-41/h11-18,21-24,26,29,48-49H,3-10,19-20H2,1-2H3. The maximum atomic E-state index is 9.53. The first-order chi connectivity index (χ1) is 28.4. The smallest absolute Gasteiger partial charge is 0.266 e. The maximum Gasteiger partial charge on any atom is 0.266 e. The fourth-order valence-electron chi connectivity index (χ4n) is 8.37. The van der Waals surface area contributed by atoms with E-state index in [0.29, 0.717) is 41.0 Å². The van der Waals surface area contributed by atoms with Crippen LogP contribution in [0.5, 0.6) is 0 Å². The third kappa shape index (κ3) is 6.91. The maximum absolute atomic E-state index is 9.53. The SMILES string of the molecule is Cc1ccc(Nc2cc(C3CCCCC3)ccc2C2=CC3=CC(c4ccc(N5CCCCC5)cc4Nc4ccc(C)o4)=NC4=NC(c5nc(C#N)co5)=NC(=N2)N34)o1. The van der Waals surface area contributed by atoms with Crippen molar-refractivity contribution in [2.45, 2.75) is 71.1 Å². The van der Waals surface area contributed by atoms with Gasteiger partial charge in [-0.2, -0.15) is 20.2 Å². The normalized spacial score (nSPS) is 17.9. The second kappa shape index (κ2) is 14.9. The molecule has 0 unspecified atom stereocenters. The molecule has 2 aromatic carbocycles. The number of anilines is 5. The van der Waals surface area contributed by atoms with E-state index in [0.717, 1.165) is 58.5 Å². The highest BCUT2D eigenvalue weighted by molar-refractivity contribution is 6.26. The monoisotopic (exact) mass is 770 g/mol. The summed E-state index contributed by atoms with van der Waals surface area (Å²) in [5.41, 5.74) is 8.22. The molecule has 10 rings (SSSR count). The number of nitrogens with one attached hydrogen (secondary N) is 2. The number of aliphatic imine (C=N–C) groups is 4. The van der Waals surface area contributed by atoms with Crippen molar-refractivity contribution in [1.29, 1.82) is 5.26 Å². The van der Waals surface area contributed by atoms with E-state index in [1.54, 1.807) is 0 Å². The summed E-state index contributed by atoms with van der Waals surface area (Å²) >= 11 is 0. The first-order valence-electron chi connectivity index (χ1n) is 20.1. The van der Waals surface area contributed by atoms with Crippen LogP contribution in [0.2, 0.25) is 0 Å². The Morgan fingerprint density at radius 2 is 1.43 bits per heavy atom. The van der Waals surface area contributed by atoms with E-state index in [4.69, 9.17) is 33.2 Å². The van der Waals surface area contributed by atoms with Crippen molar-refractivity contribution in [3.05, 3.63) is 125 Å². The van der Waals surface area contributed by atoms with Gasteiger partial charge in [0.15, 0.2) is 17.5 Å². The number of guanidine groups is 2. The van der Waals surface area contributed by atoms with Gasteiger partial charge < -0.3 is 28.8 Å². The summed E-state index contributed by atoms with van der Waals surface area (Å²) in [5.74, 6) is 4.39. The summed E-state index contributed by atoms with van der Waals surface area (Å²) in [6.45, 7) is 5.89. The number of rotatable bonds is 9. The van der Waals surface area contributed by atoms with Crippen LogP contribution >= 0.6 is 0 Å². The van der Waals surface area contributed by atoms with E-state index in [-0.39, 0.29) is 17.4 Å². The van der Waals surface area contributed by atoms with E-state index in [2.05, 4.69) is 56.9 Å². The third-order valence-corrected chi connectivity index (χ3v) is 11.3. The minimum Gasteiger partial charge on any atom is -0.446 e. The number of nitriles is 1. The molecule has 0 spiro atoms. The van der Waals surface area contributed by atoms with Crippen molar-refractivity contribution in [3.63, 3.8) is 0 Å². The molecule has 7 heterocycles. The summed E-state index contributed by atoms with van der Waals surface area (Å²) in [6.07, 6.45) is 15.1. The summed E-state index contributed by atoms with van der Waals surface area (Å²) in [4.78, 5) is 28.5. The van der Waals surface area contributed by atoms with Crippen LogP contribution in [-0.4, -0.2) is 46.4 Å². The second-order valence-electron chi connectivity index (χ2n) is 15.3. The lowest BCUT2D eigenvalue weighted by Gasteiger charge is -2.33. The number of piperidine rings is 1. The van der Waals surface area contributed by atoms with Crippen LogP contribution in [0.15, 0.2) is 118 Å². The lowest BCUT2D eigenvalue weighted by Crippen LogP contribution is -2.42. The minimum atomic E-state index is 0.101. The van der Waals surface area contributed by atoms with Crippen LogP contribution in [0, 0.1) is 25.2 Å². The van der Waals surface area contributed by atoms with Gasteiger partial charge in [-0.25, -0.2) is 14.9 Å². The van der Waals surface area contributed by atoms with Gasteiger partial charge in [0, 0.05) is 42.0 Å². The van der Waals surface area contributed by atoms with Gasteiger partial charge in [0.25, 0.3) is 5.89 Å². The summed E-state index contributed by atoms with van der Waals surface area (Å²) in [6, 6.07) is 22.9. The number of aromatic nitrogens is 1. The van der Waals surface area contributed by atoms with Crippen molar-refractivity contribution in [3.8, 4) is 6.07 Å². The fraction of sp³-hybridized carbons (Fsp3) is 0.289. The van der Waals surface area contributed by atoms with Crippen LogP contribution in [-0.2, 0) is 0 Å². The quantitative estimate of drug-likeness (QED) is 0.149. The number of hydrogen-bond acceptors (Lipinski definition) is 13. The van der Waals surface area contributed by atoms with E-state index in [1.165, 1.54) is 63.2 Å². The summed E-state index contributed by atoms with van der Waals surface area (Å²) in [7, 11) is 0. The van der Waals surface area contributed by atoms with Crippen LogP contribution < -0.4 is 15.5 Å².